The number of furan rings is 1. The van der Waals surface area contributed by atoms with Gasteiger partial charge in [0.2, 0.25) is 5.89 Å². The van der Waals surface area contributed by atoms with Gasteiger partial charge in [0.05, 0.1) is 0 Å². The number of benzene rings is 9. The Morgan fingerprint density at radius 2 is 0.893 bits per heavy atom. The van der Waals surface area contributed by atoms with Gasteiger partial charge in [-0.1, -0.05) is 127 Å². The maximum atomic E-state index is 6.50. The van der Waals surface area contributed by atoms with Gasteiger partial charge >= 0.3 is 0 Å². The first-order valence-electron chi connectivity index (χ1n) is 18.6. The summed E-state index contributed by atoms with van der Waals surface area (Å²) in [7, 11) is 0. The molecule has 0 aliphatic carbocycles. The highest BCUT2D eigenvalue weighted by atomic mass is 16.3. The number of hydrogen-bond donors (Lipinski definition) is 0. The third kappa shape index (κ3) is 4.83. The highest BCUT2D eigenvalue weighted by Gasteiger charge is 2.23. The lowest BCUT2D eigenvalue weighted by molar-refractivity contribution is 0.623. The number of hydrogen-bond acceptors (Lipinski definition) is 6. The number of fused-ring (bicyclic) bond motifs is 5. The maximum absolute atomic E-state index is 6.50. The van der Waals surface area contributed by atoms with E-state index in [1.807, 2.05) is 42.5 Å². The van der Waals surface area contributed by atoms with Crippen LogP contribution >= 0.6 is 0 Å². The predicted molar refractivity (Wildman–Crippen MR) is 226 cm³/mol. The Hall–Kier alpha value is -7.70. The number of oxazole rings is 1. The van der Waals surface area contributed by atoms with E-state index in [1.54, 1.807) is 0 Å². The summed E-state index contributed by atoms with van der Waals surface area (Å²) in [6.45, 7) is 0. The molecule has 12 aromatic rings. The van der Waals surface area contributed by atoms with E-state index < -0.39 is 0 Å². The van der Waals surface area contributed by atoms with Crippen LogP contribution in [-0.4, -0.2) is 19.9 Å². The molecule has 0 N–H and O–H groups in total. The first-order chi connectivity index (χ1) is 27.7. The fourth-order valence-electron chi connectivity index (χ4n) is 8.11. The highest BCUT2D eigenvalue weighted by Crippen LogP contribution is 2.45. The molecule has 0 saturated heterocycles. The number of nitrogens with zero attached hydrogens (tertiary/aromatic N) is 4. The summed E-state index contributed by atoms with van der Waals surface area (Å²) in [6, 6.07) is 58.3. The van der Waals surface area contributed by atoms with Crippen molar-refractivity contribution in [3.8, 4) is 56.7 Å². The van der Waals surface area contributed by atoms with E-state index in [9.17, 15) is 0 Å². The van der Waals surface area contributed by atoms with Gasteiger partial charge in [-0.2, -0.15) is 0 Å². The van der Waals surface area contributed by atoms with E-state index >= 15 is 0 Å². The van der Waals surface area contributed by atoms with Crippen LogP contribution in [0.1, 0.15) is 0 Å². The molecule has 6 nitrogen and oxygen atoms in total. The van der Waals surface area contributed by atoms with Crippen molar-refractivity contribution in [2.24, 2.45) is 0 Å². The zero-order chi connectivity index (χ0) is 36.7. The van der Waals surface area contributed by atoms with Crippen LogP contribution < -0.4 is 0 Å². The first kappa shape index (κ1) is 30.7. The maximum Gasteiger partial charge on any atom is 0.227 e. The Labute approximate surface area is 319 Å². The second kappa shape index (κ2) is 11.9. The zero-order valence-corrected chi connectivity index (χ0v) is 29.8. The van der Waals surface area contributed by atoms with Gasteiger partial charge in [-0.25, -0.2) is 19.9 Å². The third-order valence-electron chi connectivity index (χ3n) is 10.9. The van der Waals surface area contributed by atoms with Crippen molar-refractivity contribution in [2.45, 2.75) is 0 Å². The van der Waals surface area contributed by atoms with Crippen LogP contribution in [0, 0.1) is 0 Å². The molecular formula is C50H28N4O2. The molecule has 0 aliphatic heterocycles. The second-order valence-corrected chi connectivity index (χ2v) is 14.2. The van der Waals surface area contributed by atoms with E-state index in [1.165, 1.54) is 10.8 Å². The lowest BCUT2D eigenvalue weighted by atomic mass is 9.96. The molecule has 0 saturated carbocycles. The molecule has 0 spiro atoms. The smallest absolute Gasteiger partial charge is 0.227 e. The van der Waals surface area contributed by atoms with E-state index in [4.69, 9.17) is 28.8 Å². The highest BCUT2D eigenvalue weighted by molar-refractivity contribution is 6.31. The summed E-state index contributed by atoms with van der Waals surface area (Å²) in [6.07, 6.45) is 0. The lowest BCUT2D eigenvalue weighted by Crippen LogP contribution is -2.00. The summed E-state index contributed by atoms with van der Waals surface area (Å²) >= 11 is 0. The fourth-order valence-corrected chi connectivity index (χ4v) is 8.11. The Morgan fingerprint density at radius 1 is 0.321 bits per heavy atom. The minimum atomic E-state index is 0.598. The minimum Gasteiger partial charge on any atom is -0.456 e. The van der Waals surface area contributed by atoms with Crippen molar-refractivity contribution >= 4 is 65.4 Å². The molecule has 0 aliphatic rings. The lowest BCUT2D eigenvalue weighted by Gasteiger charge is -2.10. The van der Waals surface area contributed by atoms with Gasteiger partial charge in [0.15, 0.2) is 23.1 Å². The van der Waals surface area contributed by atoms with Crippen LogP contribution in [0.15, 0.2) is 179 Å². The van der Waals surface area contributed by atoms with Crippen molar-refractivity contribution in [1.82, 2.24) is 19.9 Å². The number of aromatic nitrogens is 4. The first-order valence-corrected chi connectivity index (χ1v) is 18.6. The van der Waals surface area contributed by atoms with Crippen molar-refractivity contribution in [2.75, 3.05) is 0 Å². The molecule has 12 rings (SSSR count). The Bertz CT molecular complexity index is 3380. The molecule has 56 heavy (non-hydrogen) atoms. The summed E-state index contributed by atoms with van der Waals surface area (Å²) < 4.78 is 13.0. The quantitative estimate of drug-likeness (QED) is 0.165. The molecule has 0 radical (unpaired) electrons. The fraction of sp³-hybridized carbons (Fsp3) is 0. The molecule has 9 aromatic carbocycles. The standard InChI is InChI=1S/C50H28N4O2/c1-2-11-33(12-3-1)50-51-45-40-27-38(28-42-44(40)43-39(46(45)56-50)15-8-16-41(43)55-42)31-17-21-32(22-18-31)47-52-48(36-23-19-29-9-4-6-13-34(29)25-36)54-49(53-47)37-24-20-30-10-5-7-14-35(30)26-37/h1-28H. The molecule has 0 bridgehead atoms. The topological polar surface area (TPSA) is 77.8 Å². The average Bonchev–Trinajstić information content (AvgIpc) is 3.89. The molecule has 0 atom stereocenters. The Kier molecular flexibility index (Phi) is 6.53. The van der Waals surface area contributed by atoms with Crippen LogP contribution in [-0.2, 0) is 0 Å². The van der Waals surface area contributed by atoms with Crippen LogP contribution in [0.3, 0.4) is 0 Å². The van der Waals surface area contributed by atoms with Crippen molar-refractivity contribution in [3.05, 3.63) is 170 Å². The van der Waals surface area contributed by atoms with Gasteiger partial charge in [-0.15, -0.1) is 0 Å². The van der Waals surface area contributed by atoms with Crippen molar-refractivity contribution in [3.63, 3.8) is 0 Å². The van der Waals surface area contributed by atoms with Gasteiger partial charge in [0, 0.05) is 43.8 Å². The van der Waals surface area contributed by atoms with Crippen LogP contribution in [0.25, 0.3) is 122 Å². The minimum absolute atomic E-state index is 0.598. The summed E-state index contributed by atoms with van der Waals surface area (Å²) in [5.41, 5.74) is 8.97. The van der Waals surface area contributed by atoms with E-state index in [0.29, 0.717) is 23.4 Å². The van der Waals surface area contributed by atoms with Gasteiger partial charge in [0.25, 0.3) is 0 Å². The second-order valence-electron chi connectivity index (χ2n) is 14.2. The van der Waals surface area contributed by atoms with Crippen LogP contribution in [0.5, 0.6) is 0 Å². The monoisotopic (exact) mass is 716 g/mol. The summed E-state index contributed by atoms with van der Waals surface area (Å²) in [5.74, 6) is 2.45. The van der Waals surface area contributed by atoms with Gasteiger partial charge < -0.3 is 8.83 Å². The molecule has 3 aromatic heterocycles. The molecule has 0 fully saturated rings. The summed E-state index contributed by atoms with van der Waals surface area (Å²) in [5, 5.41) is 8.72. The van der Waals surface area contributed by atoms with Gasteiger partial charge in [-0.05, 0) is 75.1 Å². The normalized spacial score (nSPS) is 11.9. The zero-order valence-electron chi connectivity index (χ0n) is 29.8. The molecule has 260 valence electrons. The van der Waals surface area contributed by atoms with E-state index in [-0.39, 0.29) is 0 Å². The van der Waals surface area contributed by atoms with Crippen LogP contribution in [0.2, 0.25) is 0 Å². The molecule has 3 heterocycles. The van der Waals surface area contributed by atoms with E-state index in [2.05, 4.69) is 127 Å². The predicted octanol–water partition coefficient (Wildman–Crippen LogP) is 13.1. The van der Waals surface area contributed by atoms with Crippen molar-refractivity contribution < 1.29 is 8.83 Å². The molecule has 0 unspecified atom stereocenters. The van der Waals surface area contributed by atoms with Crippen LogP contribution in [0.4, 0.5) is 0 Å². The number of rotatable bonds is 5. The third-order valence-corrected chi connectivity index (χ3v) is 10.9. The Balaban J connectivity index is 0.998. The summed E-state index contributed by atoms with van der Waals surface area (Å²) in [4.78, 5) is 20.2. The molecule has 6 heteroatoms. The van der Waals surface area contributed by atoms with Crippen molar-refractivity contribution in [1.29, 1.82) is 0 Å². The van der Waals surface area contributed by atoms with E-state index in [0.717, 1.165) is 88.0 Å². The Morgan fingerprint density at radius 3 is 1.57 bits per heavy atom. The van der Waals surface area contributed by atoms with Gasteiger partial charge in [-0.3, -0.25) is 0 Å². The largest absolute Gasteiger partial charge is 0.456 e. The SMILES string of the molecule is c1ccc(-c2nc3c4cc(-c5ccc(-c6nc(-c7ccc8ccccc8c7)nc(-c7ccc8ccccc8c7)n6)cc5)cc5oc6cccc(c3o2)c6c54)cc1. The average molecular weight is 717 g/mol. The van der Waals surface area contributed by atoms with Gasteiger partial charge in [0.1, 0.15) is 16.7 Å². The molecule has 0 amide bonds. The molecular weight excluding hydrogens is 689 g/mol.